The number of benzene rings is 2. The van der Waals surface area contributed by atoms with Gasteiger partial charge in [0.1, 0.15) is 12.9 Å². The lowest BCUT2D eigenvalue weighted by atomic mass is 10.00. The Balaban J connectivity index is 2.38. The summed E-state index contributed by atoms with van der Waals surface area (Å²) in [6.07, 6.45) is 0. The first-order chi connectivity index (χ1) is 10.6. The first-order valence-corrected chi connectivity index (χ1v) is 6.99. The van der Waals surface area contributed by atoms with Crippen molar-refractivity contribution in [3.63, 3.8) is 0 Å². The SMILES string of the molecule is COc1cccc(-c2cc(=O)n(OC)c3ccc(C)cc23)c1. The number of hydrogen-bond acceptors (Lipinski definition) is 3. The summed E-state index contributed by atoms with van der Waals surface area (Å²) in [6.45, 7) is 2.02. The molecule has 0 amide bonds. The molecular formula is C18H17NO3. The van der Waals surface area contributed by atoms with Gasteiger partial charge in [-0.25, -0.2) is 0 Å². The predicted molar refractivity (Wildman–Crippen MR) is 87.4 cm³/mol. The van der Waals surface area contributed by atoms with E-state index in [9.17, 15) is 4.79 Å². The molecule has 22 heavy (non-hydrogen) atoms. The minimum absolute atomic E-state index is 0.198. The normalized spacial score (nSPS) is 10.7. The topological polar surface area (TPSA) is 40.5 Å². The smallest absolute Gasteiger partial charge is 0.284 e. The van der Waals surface area contributed by atoms with Crippen molar-refractivity contribution in [2.75, 3.05) is 14.2 Å². The summed E-state index contributed by atoms with van der Waals surface area (Å²) in [7, 11) is 3.12. The summed E-state index contributed by atoms with van der Waals surface area (Å²) < 4.78 is 6.58. The fraction of sp³-hybridized carbons (Fsp3) is 0.167. The molecule has 0 saturated heterocycles. The molecule has 0 aliphatic carbocycles. The molecule has 4 heteroatoms. The third-order valence-corrected chi connectivity index (χ3v) is 3.69. The molecule has 3 rings (SSSR count). The Labute approximate surface area is 128 Å². The number of fused-ring (bicyclic) bond motifs is 1. The molecule has 4 nitrogen and oxygen atoms in total. The first-order valence-electron chi connectivity index (χ1n) is 6.99. The molecule has 112 valence electrons. The van der Waals surface area contributed by atoms with Crippen molar-refractivity contribution in [3.8, 4) is 16.9 Å². The summed E-state index contributed by atoms with van der Waals surface area (Å²) in [4.78, 5) is 17.5. The lowest BCUT2D eigenvalue weighted by Gasteiger charge is -2.13. The fourth-order valence-corrected chi connectivity index (χ4v) is 2.64. The highest BCUT2D eigenvalue weighted by atomic mass is 16.6. The maximum atomic E-state index is 12.3. The molecule has 0 fully saturated rings. The molecule has 0 saturated carbocycles. The minimum Gasteiger partial charge on any atom is -0.497 e. The highest BCUT2D eigenvalue weighted by Gasteiger charge is 2.11. The third kappa shape index (κ3) is 2.33. The van der Waals surface area contributed by atoms with Gasteiger partial charge in [0.2, 0.25) is 0 Å². The van der Waals surface area contributed by atoms with E-state index in [-0.39, 0.29) is 5.56 Å². The average Bonchev–Trinajstić information content (AvgIpc) is 2.54. The average molecular weight is 295 g/mol. The quantitative estimate of drug-likeness (QED) is 0.745. The molecule has 0 spiro atoms. The van der Waals surface area contributed by atoms with Crippen LogP contribution in [0.3, 0.4) is 0 Å². The highest BCUT2D eigenvalue weighted by molar-refractivity contribution is 5.95. The van der Waals surface area contributed by atoms with Crippen molar-refractivity contribution in [1.82, 2.24) is 4.73 Å². The highest BCUT2D eigenvalue weighted by Crippen LogP contribution is 2.29. The largest absolute Gasteiger partial charge is 0.497 e. The molecule has 2 aromatic carbocycles. The van der Waals surface area contributed by atoms with Gasteiger partial charge in [-0.05, 0) is 42.3 Å². The van der Waals surface area contributed by atoms with Crippen molar-refractivity contribution in [1.29, 1.82) is 0 Å². The van der Waals surface area contributed by atoms with Crippen LogP contribution in [0.4, 0.5) is 0 Å². The van der Waals surface area contributed by atoms with E-state index in [1.807, 2.05) is 43.3 Å². The van der Waals surface area contributed by atoms with E-state index in [2.05, 4.69) is 6.07 Å². The summed E-state index contributed by atoms with van der Waals surface area (Å²) in [5, 5.41) is 0.967. The first kappa shape index (κ1) is 14.2. The van der Waals surface area contributed by atoms with Crippen LogP contribution in [0.15, 0.2) is 53.3 Å². The van der Waals surface area contributed by atoms with E-state index >= 15 is 0 Å². The number of rotatable bonds is 3. The lowest BCUT2D eigenvalue weighted by Crippen LogP contribution is -2.24. The number of methoxy groups -OCH3 is 1. The second kappa shape index (κ2) is 5.56. The summed E-state index contributed by atoms with van der Waals surface area (Å²) >= 11 is 0. The van der Waals surface area contributed by atoms with Gasteiger partial charge in [-0.2, -0.15) is 0 Å². The van der Waals surface area contributed by atoms with E-state index < -0.39 is 0 Å². The second-order valence-corrected chi connectivity index (χ2v) is 5.13. The molecule has 0 bridgehead atoms. The Bertz CT molecular complexity index is 896. The Kier molecular flexibility index (Phi) is 3.59. The van der Waals surface area contributed by atoms with Gasteiger partial charge in [-0.3, -0.25) is 4.79 Å². The van der Waals surface area contributed by atoms with Crippen LogP contribution < -0.4 is 15.1 Å². The predicted octanol–water partition coefficient (Wildman–Crippen LogP) is 3.04. The molecular weight excluding hydrogens is 278 g/mol. The molecule has 0 aliphatic heterocycles. The molecule has 1 heterocycles. The minimum atomic E-state index is -0.198. The van der Waals surface area contributed by atoms with E-state index in [4.69, 9.17) is 9.57 Å². The Hall–Kier alpha value is -2.75. The zero-order valence-electron chi connectivity index (χ0n) is 12.8. The molecule has 0 radical (unpaired) electrons. The van der Waals surface area contributed by atoms with E-state index in [1.54, 1.807) is 13.2 Å². The number of aryl methyl sites for hydroxylation is 1. The van der Waals surface area contributed by atoms with Gasteiger partial charge in [-0.1, -0.05) is 23.8 Å². The Morgan fingerprint density at radius 3 is 2.55 bits per heavy atom. The Morgan fingerprint density at radius 2 is 1.82 bits per heavy atom. The number of nitrogens with zero attached hydrogens (tertiary/aromatic N) is 1. The van der Waals surface area contributed by atoms with Gasteiger partial charge in [0.05, 0.1) is 12.6 Å². The van der Waals surface area contributed by atoms with Gasteiger partial charge >= 0.3 is 0 Å². The summed E-state index contributed by atoms with van der Waals surface area (Å²) in [5.74, 6) is 0.759. The maximum Gasteiger partial charge on any atom is 0.284 e. The van der Waals surface area contributed by atoms with E-state index in [0.29, 0.717) is 0 Å². The van der Waals surface area contributed by atoms with Gasteiger partial charge in [0, 0.05) is 11.5 Å². The van der Waals surface area contributed by atoms with Crippen LogP contribution in [0.1, 0.15) is 5.56 Å². The molecule has 3 aromatic rings. The van der Waals surface area contributed by atoms with Crippen LogP contribution in [0.5, 0.6) is 5.75 Å². The van der Waals surface area contributed by atoms with Gasteiger partial charge in [0.15, 0.2) is 0 Å². The third-order valence-electron chi connectivity index (χ3n) is 3.69. The van der Waals surface area contributed by atoms with Crippen LogP contribution in [-0.2, 0) is 0 Å². The van der Waals surface area contributed by atoms with Crippen LogP contribution in [0.2, 0.25) is 0 Å². The standard InChI is InChI=1S/C18H17NO3/c1-12-7-8-17-16(9-12)15(11-18(20)19(17)22-3)13-5-4-6-14(10-13)21-2/h4-11H,1-3H3. The molecule has 0 atom stereocenters. The summed E-state index contributed by atoms with van der Waals surface area (Å²) in [5.41, 5.74) is 3.49. The monoisotopic (exact) mass is 295 g/mol. The number of ether oxygens (including phenoxy) is 1. The van der Waals surface area contributed by atoms with Crippen molar-refractivity contribution >= 4 is 10.9 Å². The maximum absolute atomic E-state index is 12.3. The van der Waals surface area contributed by atoms with Crippen molar-refractivity contribution in [2.24, 2.45) is 0 Å². The molecule has 1 aromatic heterocycles. The van der Waals surface area contributed by atoms with Crippen molar-refractivity contribution in [2.45, 2.75) is 6.92 Å². The Morgan fingerprint density at radius 1 is 1.00 bits per heavy atom. The van der Waals surface area contributed by atoms with Crippen molar-refractivity contribution < 1.29 is 9.57 Å². The second-order valence-electron chi connectivity index (χ2n) is 5.13. The van der Waals surface area contributed by atoms with Crippen molar-refractivity contribution in [3.05, 3.63) is 64.4 Å². The van der Waals surface area contributed by atoms with Gasteiger partial charge < -0.3 is 9.57 Å². The van der Waals surface area contributed by atoms with Crippen LogP contribution in [0.25, 0.3) is 22.0 Å². The molecule has 0 N–H and O–H groups in total. The van der Waals surface area contributed by atoms with Crippen LogP contribution in [0, 0.1) is 6.92 Å². The molecule has 0 aliphatic rings. The number of hydrogen-bond donors (Lipinski definition) is 0. The zero-order chi connectivity index (χ0) is 15.7. The van der Waals surface area contributed by atoms with Crippen LogP contribution in [-0.4, -0.2) is 19.0 Å². The summed E-state index contributed by atoms with van der Waals surface area (Å²) in [6, 6.07) is 15.2. The number of aromatic nitrogens is 1. The molecule has 0 unspecified atom stereocenters. The lowest BCUT2D eigenvalue weighted by molar-refractivity contribution is 0.169. The van der Waals surface area contributed by atoms with Gasteiger partial charge in [0.25, 0.3) is 5.56 Å². The zero-order valence-corrected chi connectivity index (χ0v) is 12.8. The van der Waals surface area contributed by atoms with Crippen LogP contribution >= 0.6 is 0 Å². The van der Waals surface area contributed by atoms with E-state index in [1.165, 1.54) is 11.8 Å². The van der Waals surface area contributed by atoms with E-state index in [0.717, 1.165) is 33.3 Å². The number of pyridine rings is 1. The fourth-order valence-electron chi connectivity index (χ4n) is 2.64. The van der Waals surface area contributed by atoms with Gasteiger partial charge in [-0.15, -0.1) is 4.73 Å².